The van der Waals surface area contributed by atoms with Crippen molar-refractivity contribution in [1.29, 1.82) is 0 Å². The van der Waals surface area contributed by atoms with E-state index in [9.17, 15) is 4.79 Å². The van der Waals surface area contributed by atoms with Crippen LogP contribution in [0.3, 0.4) is 0 Å². The first kappa shape index (κ1) is 11.7. The summed E-state index contributed by atoms with van der Waals surface area (Å²) >= 11 is 7.25. The summed E-state index contributed by atoms with van der Waals surface area (Å²) in [6, 6.07) is 2.06. The van der Waals surface area contributed by atoms with Gasteiger partial charge in [0.15, 0.2) is 0 Å². The Hall–Kier alpha value is -1.34. The van der Waals surface area contributed by atoms with Crippen LogP contribution >= 0.6 is 23.4 Å². The van der Waals surface area contributed by atoms with Gasteiger partial charge in [-0.25, -0.2) is 0 Å². The molecule has 2 aromatic rings. The zero-order chi connectivity index (χ0) is 12.5. The molecule has 2 aromatic heterocycles. The average molecular weight is 284 g/mol. The van der Waals surface area contributed by atoms with Crippen molar-refractivity contribution < 1.29 is 4.79 Å². The smallest absolute Gasteiger partial charge is 0.254 e. The number of nitrogens with one attached hydrogen (secondary N) is 1. The van der Waals surface area contributed by atoms with Gasteiger partial charge < -0.3 is 5.32 Å². The first-order valence-electron chi connectivity index (χ1n) is 5.51. The molecule has 94 valence electrons. The fourth-order valence-electron chi connectivity index (χ4n) is 1.50. The molecule has 0 spiro atoms. The minimum atomic E-state index is 0.0312. The standard InChI is InChI=1S/C10H10ClN5OS/c11-7-3-9(16-10(15-7)12-5-13-16)18-4-8(17)14-6-1-2-6/h3,5-6H,1-2,4H2,(H,14,17). The highest BCUT2D eigenvalue weighted by molar-refractivity contribution is 7.99. The highest BCUT2D eigenvalue weighted by Gasteiger charge is 2.23. The molecule has 0 atom stereocenters. The largest absolute Gasteiger partial charge is 0.353 e. The summed E-state index contributed by atoms with van der Waals surface area (Å²) in [7, 11) is 0. The van der Waals surface area contributed by atoms with Crippen LogP contribution in [0.1, 0.15) is 12.8 Å². The Balaban J connectivity index is 1.72. The SMILES string of the molecule is O=C(CSc1cc(Cl)nc2ncnn12)NC1CC1. The van der Waals surface area contributed by atoms with Crippen molar-refractivity contribution >= 4 is 35.0 Å². The lowest BCUT2D eigenvalue weighted by atomic mass is 10.6. The Morgan fingerprint density at radius 3 is 3.22 bits per heavy atom. The molecule has 1 saturated carbocycles. The van der Waals surface area contributed by atoms with Gasteiger partial charge in [-0.1, -0.05) is 23.4 Å². The van der Waals surface area contributed by atoms with Gasteiger partial charge >= 0.3 is 0 Å². The molecule has 0 bridgehead atoms. The summed E-state index contributed by atoms with van der Waals surface area (Å²) in [5.41, 5.74) is 0. The van der Waals surface area contributed by atoms with Crippen LogP contribution in [0.2, 0.25) is 5.15 Å². The molecule has 1 N–H and O–H groups in total. The van der Waals surface area contributed by atoms with Crippen molar-refractivity contribution in [3.05, 3.63) is 17.5 Å². The summed E-state index contributed by atoms with van der Waals surface area (Å²) in [6.07, 6.45) is 3.59. The van der Waals surface area contributed by atoms with Gasteiger partial charge in [-0.3, -0.25) is 4.79 Å². The molecule has 0 aromatic carbocycles. The lowest BCUT2D eigenvalue weighted by Gasteiger charge is -2.05. The number of carbonyl (C=O) groups is 1. The van der Waals surface area contributed by atoms with Gasteiger partial charge in [0.2, 0.25) is 5.91 Å². The van der Waals surface area contributed by atoms with Gasteiger partial charge in [0.1, 0.15) is 16.5 Å². The molecule has 1 amide bonds. The molecule has 1 aliphatic rings. The second-order valence-electron chi connectivity index (χ2n) is 4.02. The van der Waals surface area contributed by atoms with Crippen molar-refractivity contribution in [2.24, 2.45) is 0 Å². The lowest BCUT2D eigenvalue weighted by Crippen LogP contribution is -2.27. The summed E-state index contributed by atoms with van der Waals surface area (Å²) in [6.45, 7) is 0. The summed E-state index contributed by atoms with van der Waals surface area (Å²) < 4.78 is 1.57. The molecule has 0 unspecified atom stereocenters. The van der Waals surface area contributed by atoms with Crippen LogP contribution in [-0.2, 0) is 4.79 Å². The Morgan fingerprint density at radius 2 is 2.44 bits per heavy atom. The van der Waals surface area contributed by atoms with Gasteiger partial charge in [0, 0.05) is 12.1 Å². The topological polar surface area (TPSA) is 72.2 Å². The van der Waals surface area contributed by atoms with E-state index in [2.05, 4.69) is 20.4 Å². The molecular formula is C10H10ClN5OS. The molecule has 0 radical (unpaired) electrons. The van der Waals surface area contributed by atoms with Gasteiger partial charge in [-0.15, -0.1) is 0 Å². The second kappa shape index (κ2) is 4.74. The van der Waals surface area contributed by atoms with Gasteiger partial charge in [-0.2, -0.15) is 19.6 Å². The molecule has 18 heavy (non-hydrogen) atoms. The van der Waals surface area contributed by atoms with E-state index in [0.29, 0.717) is 22.7 Å². The highest BCUT2D eigenvalue weighted by atomic mass is 35.5. The number of halogens is 1. The monoisotopic (exact) mass is 283 g/mol. The van der Waals surface area contributed by atoms with Crippen LogP contribution in [0.4, 0.5) is 0 Å². The first-order chi connectivity index (χ1) is 8.72. The van der Waals surface area contributed by atoms with Crippen LogP contribution in [0.15, 0.2) is 17.4 Å². The Morgan fingerprint density at radius 1 is 1.61 bits per heavy atom. The third-order valence-corrected chi connectivity index (χ3v) is 3.67. The van der Waals surface area contributed by atoms with E-state index in [-0.39, 0.29) is 5.91 Å². The van der Waals surface area contributed by atoms with Crippen molar-refractivity contribution in [2.45, 2.75) is 23.9 Å². The van der Waals surface area contributed by atoms with Crippen molar-refractivity contribution in [3.8, 4) is 0 Å². The van der Waals surface area contributed by atoms with Gasteiger partial charge in [-0.05, 0) is 12.8 Å². The number of hydrogen-bond acceptors (Lipinski definition) is 5. The van der Waals surface area contributed by atoms with Gasteiger partial charge in [0.25, 0.3) is 5.78 Å². The summed E-state index contributed by atoms with van der Waals surface area (Å²) in [4.78, 5) is 19.6. The van der Waals surface area contributed by atoms with E-state index in [1.54, 1.807) is 10.6 Å². The molecule has 0 aliphatic heterocycles. The highest BCUT2D eigenvalue weighted by Crippen LogP contribution is 2.22. The van der Waals surface area contributed by atoms with E-state index >= 15 is 0 Å². The normalized spacial score (nSPS) is 14.9. The maximum absolute atomic E-state index is 11.6. The van der Waals surface area contributed by atoms with E-state index in [1.165, 1.54) is 18.1 Å². The lowest BCUT2D eigenvalue weighted by molar-refractivity contribution is -0.118. The fraction of sp³-hybridized carbons (Fsp3) is 0.400. The minimum Gasteiger partial charge on any atom is -0.353 e. The maximum atomic E-state index is 11.6. The Kier molecular flexibility index (Phi) is 3.09. The zero-order valence-electron chi connectivity index (χ0n) is 9.34. The maximum Gasteiger partial charge on any atom is 0.254 e. The number of hydrogen-bond donors (Lipinski definition) is 1. The number of thioether (sulfide) groups is 1. The number of aromatic nitrogens is 4. The van der Waals surface area contributed by atoms with Crippen molar-refractivity contribution in [1.82, 2.24) is 24.9 Å². The quantitative estimate of drug-likeness (QED) is 0.673. The molecular weight excluding hydrogens is 274 g/mol. The predicted octanol–water partition coefficient (Wildman–Crippen LogP) is 1.15. The number of fused-ring (bicyclic) bond motifs is 1. The number of rotatable bonds is 4. The number of carbonyl (C=O) groups excluding carboxylic acids is 1. The second-order valence-corrected chi connectivity index (χ2v) is 5.40. The van der Waals surface area contributed by atoms with Crippen LogP contribution < -0.4 is 5.32 Å². The molecule has 3 rings (SSSR count). The van der Waals surface area contributed by atoms with Crippen molar-refractivity contribution in [2.75, 3.05) is 5.75 Å². The number of nitrogens with zero attached hydrogens (tertiary/aromatic N) is 4. The third-order valence-electron chi connectivity index (χ3n) is 2.48. The van der Waals surface area contributed by atoms with Crippen molar-refractivity contribution in [3.63, 3.8) is 0 Å². The first-order valence-corrected chi connectivity index (χ1v) is 6.87. The van der Waals surface area contributed by atoms with E-state index < -0.39 is 0 Å². The fourth-order valence-corrected chi connectivity index (χ4v) is 2.55. The summed E-state index contributed by atoms with van der Waals surface area (Å²) in [5, 5.41) is 8.08. The van der Waals surface area contributed by atoms with E-state index in [1.807, 2.05) is 0 Å². The third kappa shape index (κ3) is 2.56. The predicted molar refractivity (Wildman–Crippen MR) is 67.7 cm³/mol. The molecule has 0 saturated heterocycles. The molecule has 8 heteroatoms. The van der Waals surface area contributed by atoms with E-state index in [0.717, 1.165) is 17.9 Å². The molecule has 1 aliphatic carbocycles. The Labute approximate surface area is 112 Å². The average Bonchev–Trinajstić information content (AvgIpc) is 3.01. The van der Waals surface area contributed by atoms with Crippen LogP contribution in [0.25, 0.3) is 5.78 Å². The molecule has 2 heterocycles. The molecule has 6 nitrogen and oxygen atoms in total. The van der Waals surface area contributed by atoms with E-state index in [4.69, 9.17) is 11.6 Å². The Bertz CT molecular complexity index is 597. The molecule has 1 fully saturated rings. The van der Waals surface area contributed by atoms with Crippen LogP contribution in [0.5, 0.6) is 0 Å². The van der Waals surface area contributed by atoms with Crippen LogP contribution in [-0.4, -0.2) is 37.3 Å². The minimum absolute atomic E-state index is 0.0312. The zero-order valence-corrected chi connectivity index (χ0v) is 10.9. The van der Waals surface area contributed by atoms with Crippen LogP contribution in [0, 0.1) is 0 Å². The number of amides is 1. The van der Waals surface area contributed by atoms with Gasteiger partial charge in [0.05, 0.1) is 5.75 Å². The summed E-state index contributed by atoms with van der Waals surface area (Å²) in [5.74, 6) is 0.808.